The van der Waals surface area contributed by atoms with Gasteiger partial charge in [-0.1, -0.05) is 51.1 Å². The summed E-state index contributed by atoms with van der Waals surface area (Å²) in [7, 11) is 0. The van der Waals surface area contributed by atoms with Crippen molar-refractivity contribution in [2.75, 3.05) is 5.32 Å². The SMILES string of the molecule is CC(C)(C)c1ccc(NC2CCc3ccccc3C2)nc1. The van der Waals surface area contributed by atoms with E-state index < -0.39 is 0 Å². The number of hydrogen-bond acceptors (Lipinski definition) is 2. The van der Waals surface area contributed by atoms with Gasteiger partial charge < -0.3 is 5.32 Å². The molecular formula is C19H24N2. The Morgan fingerprint density at radius 2 is 1.81 bits per heavy atom. The van der Waals surface area contributed by atoms with E-state index in [1.54, 1.807) is 0 Å². The average molecular weight is 280 g/mol. The van der Waals surface area contributed by atoms with Crippen molar-refractivity contribution >= 4 is 5.82 Å². The maximum absolute atomic E-state index is 4.58. The van der Waals surface area contributed by atoms with Crippen molar-refractivity contribution in [2.45, 2.75) is 51.5 Å². The molecule has 0 radical (unpaired) electrons. The smallest absolute Gasteiger partial charge is 0.126 e. The van der Waals surface area contributed by atoms with Crippen LogP contribution < -0.4 is 5.32 Å². The third-order valence-electron chi connectivity index (χ3n) is 4.33. The van der Waals surface area contributed by atoms with Crippen LogP contribution >= 0.6 is 0 Å². The Hall–Kier alpha value is -1.83. The molecule has 1 unspecified atom stereocenters. The van der Waals surface area contributed by atoms with Crippen LogP contribution in [-0.2, 0) is 18.3 Å². The van der Waals surface area contributed by atoms with Gasteiger partial charge in [-0.05, 0) is 47.4 Å². The van der Waals surface area contributed by atoms with Crippen molar-refractivity contribution in [3.05, 3.63) is 59.3 Å². The van der Waals surface area contributed by atoms with E-state index in [1.807, 2.05) is 6.20 Å². The third-order valence-corrected chi connectivity index (χ3v) is 4.33. The molecule has 2 aromatic rings. The molecule has 0 spiro atoms. The van der Waals surface area contributed by atoms with Gasteiger partial charge in [0.15, 0.2) is 0 Å². The molecule has 0 fully saturated rings. The van der Waals surface area contributed by atoms with Crippen molar-refractivity contribution in [3.8, 4) is 0 Å². The first-order chi connectivity index (χ1) is 10.0. The predicted molar refractivity (Wildman–Crippen MR) is 88.8 cm³/mol. The Morgan fingerprint density at radius 3 is 2.48 bits per heavy atom. The zero-order chi connectivity index (χ0) is 14.9. The normalized spacial score (nSPS) is 18.1. The molecule has 21 heavy (non-hydrogen) atoms. The van der Waals surface area contributed by atoms with Crippen LogP contribution in [0, 0.1) is 0 Å². The molecule has 0 amide bonds. The first kappa shape index (κ1) is 14.1. The van der Waals surface area contributed by atoms with Crippen molar-refractivity contribution in [1.29, 1.82) is 0 Å². The molecule has 0 saturated heterocycles. The van der Waals surface area contributed by atoms with Crippen LogP contribution in [0.1, 0.15) is 43.9 Å². The second-order valence-electron chi connectivity index (χ2n) is 7.03. The minimum Gasteiger partial charge on any atom is -0.367 e. The van der Waals surface area contributed by atoms with Crippen molar-refractivity contribution in [2.24, 2.45) is 0 Å². The number of hydrogen-bond donors (Lipinski definition) is 1. The summed E-state index contributed by atoms with van der Waals surface area (Å²) < 4.78 is 0. The fraction of sp³-hybridized carbons (Fsp3) is 0.421. The number of aromatic nitrogens is 1. The van der Waals surface area contributed by atoms with E-state index in [0.717, 1.165) is 18.7 Å². The summed E-state index contributed by atoms with van der Waals surface area (Å²) in [5.74, 6) is 0.993. The fourth-order valence-corrected chi connectivity index (χ4v) is 2.95. The zero-order valence-corrected chi connectivity index (χ0v) is 13.2. The number of nitrogens with zero attached hydrogens (tertiary/aromatic N) is 1. The number of anilines is 1. The maximum Gasteiger partial charge on any atom is 0.126 e. The molecule has 1 aromatic carbocycles. The number of nitrogens with one attached hydrogen (secondary N) is 1. The van der Waals surface area contributed by atoms with Gasteiger partial charge >= 0.3 is 0 Å². The summed E-state index contributed by atoms with van der Waals surface area (Å²) in [6, 6.07) is 13.6. The predicted octanol–water partition coefficient (Wildman–Crippen LogP) is 4.35. The molecule has 3 rings (SSSR count). The molecule has 1 heterocycles. The minimum absolute atomic E-state index is 0.162. The largest absolute Gasteiger partial charge is 0.367 e. The quantitative estimate of drug-likeness (QED) is 0.884. The standard InChI is InChI=1S/C19H24N2/c1-19(2,3)16-9-11-18(20-13-16)21-17-10-8-14-6-4-5-7-15(14)12-17/h4-7,9,11,13,17H,8,10,12H2,1-3H3,(H,20,21). The molecule has 1 atom stereocenters. The van der Waals surface area contributed by atoms with Crippen molar-refractivity contribution in [3.63, 3.8) is 0 Å². The lowest BCUT2D eigenvalue weighted by molar-refractivity contribution is 0.586. The number of fused-ring (bicyclic) bond motifs is 1. The summed E-state index contributed by atoms with van der Waals surface area (Å²) in [6.07, 6.45) is 5.44. The minimum atomic E-state index is 0.162. The van der Waals surface area contributed by atoms with Crippen LogP contribution in [0.4, 0.5) is 5.82 Å². The molecule has 0 bridgehead atoms. The van der Waals surface area contributed by atoms with Gasteiger partial charge in [-0.25, -0.2) is 4.98 Å². The molecular weight excluding hydrogens is 256 g/mol. The van der Waals surface area contributed by atoms with Crippen LogP contribution in [-0.4, -0.2) is 11.0 Å². The monoisotopic (exact) mass is 280 g/mol. The molecule has 1 aliphatic rings. The van der Waals surface area contributed by atoms with E-state index in [9.17, 15) is 0 Å². The topological polar surface area (TPSA) is 24.9 Å². The summed E-state index contributed by atoms with van der Waals surface area (Å²) in [4.78, 5) is 4.58. The number of rotatable bonds is 2. The molecule has 2 heteroatoms. The molecule has 1 N–H and O–H groups in total. The van der Waals surface area contributed by atoms with E-state index in [-0.39, 0.29) is 5.41 Å². The third kappa shape index (κ3) is 3.26. The summed E-state index contributed by atoms with van der Waals surface area (Å²) in [5.41, 5.74) is 4.43. The molecule has 1 aliphatic carbocycles. The van der Waals surface area contributed by atoms with E-state index in [2.05, 4.69) is 67.5 Å². The first-order valence-corrected chi connectivity index (χ1v) is 7.82. The van der Waals surface area contributed by atoms with Crippen LogP contribution in [0.25, 0.3) is 0 Å². The van der Waals surface area contributed by atoms with Crippen LogP contribution in [0.2, 0.25) is 0 Å². The number of benzene rings is 1. The van der Waals surface area contributed by atoms with E-state index in [4.69, 9.17) is 0 Å². The lowest BCUT2D eigenvalue weighted by Crippen LogP contribution is -2.27. The highest BCUT2D eigenvalue weighted by molar-refractivity contribution is 5.40. The molecule has 0 saturated carbocycles. The highest BCUT2D eigenvalue weighted by atomic mass is 15.0. The Labute approximate surface area is 127 Å². The van der Waals surface area contributed by atoms with Gasteiger partial charge in [0.2, 0.25) is 0 Å². The van der Waals surface area contributed by atoms with E-state index >= 15 is 0 Å². The maximum atomic E-state index is 4.58. The lowest BCUT2D eigenvalue weighted by atomic mass is 9.88. The van der Waals surface area contributed by atoms with Gasteiger partial charge in [0.05, 0.1) is 0 Å². The Morgan fingerprint density at radius 1 is 1.05 bits per heavy atom. The second kappa shape index (κ2) is 5.51. The Balaban J connectivity index is 1.68. The first-order valence-electron chi connectivity index (χ1n) is 7.82. The number of pyridine rings is 1. The lowest BCUT2D eigenvalue weighted by Gasteiger charge is -2.26. The van der Waals surface area contributed by atoms with Gasteiger partial charge in [-0.3, -0.25) is 0 Å². The summed E-state index contributed by atoms with van der Waals surface area (Å²) >= 11 is 0. The van der Waals surface area contributed by atoms with Gasteiger partial charge in [-0.2, -0.15) is 0 Å². The highest BCUT2D eigenvalue weighted by Crippen LogP contribution is 2.25. The molecule has 1 aromatic heterocycles. The highest BCUT2D eigenvalue weighted by Gasteiger charge is 2.19. The van der Waals surface area contributed by atoms with Crippen molar-refractivity contribution < 1.29 is 0 Å². The Bertz CT molecular complexity index is 608. The summed E-state index contributed by atoms with van der Waals surface area (Å²) in [6.45, 7) is 6.65. The van der Waals surface area contributed by atoms with Gasteiger partial charge in [0.25, 0.3) is 0 Å². The fourth-order valence-electron chi connectivity index (χ4n) is 2.95. The number of aryl methyl sites for hydroxylation is 1. The zero-order valence-electron chi connectivity index (χ0n) is 13.2. The molecule has 0 aliphatic heterocycles. The van der Waals surface area contributed by atoms with Gasteiger partial charge in [0.1, 0.15) is 5.82 Å². The van der Waals surface area contributed by atoms with Crippen LogP contribution in [0.15, 0.2) is 42.6 Å². The van der Waals surface area contributed by atoms with E-state index in [0.29, 0.717) is 6.04 Å². The van der Waals surface area contributed by atoms with Crippen molar-refractivity contribution in [1.82, 2.24) is 4.98 Å². The Kier molecular flexibility index (Phi) is 3.71. The van der Waals surface area contributed by atoms with E-state index in [1.165, 1.54) is 23.1 Å². The average Bonchev–Trinajstić information content (AvgIpc) is 2.47. The molecule has 2 nitrogen and oxygen atoms in total. The molecule has 110 valence electrons. The summed E-state index contributed by atoms with van der Waals surface area (Å²) in [5, 5.41) is 3.59. The van der Waals surface area contributed by atoms with Crippen LogP contribution in [0.3, 0.4) is 0 Å². The van der Waals surface area contributed by atoms with Gasteiger partial charge in [-0.15, -0.1) is 0 Å². The van der Waals surface area contributed by atoms with Gasteiger partial charge in [0, 0.05) is 12.2 Å². The second-order valence-corrected chi connectivity index (χ2v) is 7.03. The van der Waals surface area contributed by atoms with Crippen LogP contribution in [0.5, 0.6) is 0 Å².